The van der Waals surface area contributed by atoms with E-state index in [0.717, 1.165) is 24.9 Å². The molecule has 1 aromatic rings. The zero-order chi connectivity index (χ0) is 18.2. The number of anilines is 1. The van der Waals surface area contributed by atoms with Crippen molar-refractivity contribution in [1.82, 2.24) is 4.90 Å². The molecular formula is C19H26N2O4. The van der Waals surface area contributed by atoms with E-state index in [1.807, 2.05) is 18.2 Å². The van der Waals surface area contributed by atoms with Crippen molar-refractivity contribution in [3.05, 3.63) is 29.3 Å². The van der Waals surface area contributed by atoms with E-state index in [9.17, 15) is 14.7 Å². The van der Waals surface area contributed by atoms with Gasteiger partial charge in [-0.3, -0.25) is 9.69 Å². The molecule has 1 aliphatic carbocycles. The van der Waals surface area contributed by atoms with Crippen molar-refractivity contribution >= 4 is 17.7 Å². The summed E-state index contributed by atoms with van der Waals surface area (Å²) in [6.07, 6.45) is 2.20. The minimum atomic E-state index is -0.724. The van der Waals surface area contributed by atoms with E-state index < -0.39 is 23.8 Å². The summed E-state index contributed by atoms with van der Waals surface area (Å²) in [5.74, 6) is -0.291. The maximum Gasteiger partial charge on any atom is 0.411 e. The van der Waals surface area contributed by atoms with Gasteiger partial charge in [-0.15, -0.1) is 0 Å². The van der Waals surface area contributed by atoms with E-state index in [-0.39, 0.29) is 18.9 Å². The van der Waals surface area contributed by atoms with Gasteiger partial charge in [0, 0.05) is 12.1 Å². The molecule has 0 aromatic heterocycles. The summed E-state index contributed by atoms with van der Waals surface area (Å²) < 4.78 is 5.36. The molecule has 1 saturated heterocycles. The highest BCUT2D eigenvalue weighted by molar-refractivity contribution is 5.97. The van der Waals surface area contributed by atoms with Gasteiger partial charge in [0.25, 0.3) is 0 Å². The van der Waals surface area contributed by atoms with Crippen molar-refractivity contribution in [2.24, 2.45) is 0 Å². The van der Waals surface area contributed by atoms with E-state index >= 15 is 0 Å². The molecule has 0 bridgehead atoms. The lowest BCUT2D eigenvalue weighted by atomic mass is 10.1. The molecule has 6 nitrogen and oxygen atoms in total. The van der Waals surface area contributed by atoms with Crippen LogP contribution in [0.5, 0.6) is 0 Å². The standard InChI is InChI=1S/C19H26N2O4/c1-19(2,3)25-18(24)21-11-15(22)10-16(21)17(23)20-14-8-7-12-5-4-6-13(12)9-14/h7-9,15-16,22H,4-6,10-11H2,1-3H3,(H,20,23)/t15?,16-/m0/s1. The molecule has 0 radical (unpaired) electrons. The van der Waals surface area contributed by atoms with Crippen LogP contribution in [0.15, 0.2) is 18.2 Å². The van der Waals surface area contributed by atoms with Crippen LogP contribution in [0.1, 0.15) is 44.7 Å². The Morgan fingerprint density at radius 3 is 2.68 bits per heavy atom. The molecule has 2 amide bonds. The third-order valence-electron chi connectivity index (χ3n) is 4.58. The smallest absolute Gasteiger partial charge is 0.411 e. The lowest BCUT2D eigenvalue weighted by Gasteiger charge is -2.27. The van der Waals surface area contributed by atoms with Crippen molar-refractivity contribution < 1.29 is 19.4 Å². The average Bonchev–Trinajstić information content (AvgIpc) is 3.11. The van der Waals surface area contributed by atoms with E-state index in [4.69, 9.17) is 4.74 Å². The van der Waals surface area contributed by atoms with Crippen molar-refractivity contribution in [2.75, 3.05) is 11.9 Å². The highest BCUT2D eigenvalue weighted by atomic mass is 16.6. The molecule has 3 rings (SSSR count). The third-order valence-corrected chi connectivity index (χ3v) is 4.58. The molecule has 2 atom stereocenters. The van der Waals surface area contributed by atoms with E-state index in [0.29, 0.717) is 0 Å². The molecule has 1 aliphatic heterocycles. The maximum absolute atomic E-state index is 12.7. The molecule has 1 unspecified atom stereocenters. The Morgan fingerprint density at radius 1 is 1.24 bits per heavy atom. The van der Waals surface area contributed by atoms with Crippen molar-refractivity contribution in [2.45, 2.75) is 64.2 Å². The van der Waals surface area contributed by atoms with Crippen molar-refractivity contribution in [3.8, 4) is 0 Å². The van der Waals surface area contributed by atoms with Gasteiger partial charge in [0.15, 0.2) is 0 Å². The zero-order valence-electron chi connectivity index (χ0n) is 15.0. The van der Waals surface area contributed by atoms with Crippen LogP contribution in [0.3, 0.4) is 0 Å². The van der Waals surface area contributed by atoms with Crippen molar-refractivity contribution in [1.29, 1.82) is 0 Å². The molecule has 6 heteroatoms. The van der Waals surface area contributed by atoms with Gasteiger partial charge in [-0.2, -0.15) is 0 Å². The maximum atomic E-state index is 12.7. The first-order chi connectivity index (χ1) is 11.7. The monoisotopic (exact) mass is 346 g/mol. The molecule has 1 aromatic carbocycles. The number of fused-ring (bicyclic) bond motifs is 1. The Morgan fingerprint density at radius 2 is 1.96 bits per heavy atom. The molecular weight excluding hydrogens is 320 g/mol. The molecule has 0 spiro atoms. The first-order valence-electron chi connectivity index (χ1n) is 8.83. The van der Waals surface area contributed by atoms with Gasteiger partial charge in [0.05, 0.1) is 12.6 Å². The highest BCUT2D eigenvalue weighted by Crippen LogP contribution is 2.26. The zero-order valence-corrected chi connectivity index (χ0v) is 15.0. The second kappa shape index (κ2) is 6.67. The van der Waals surface area contributed by atoms with Gasteiger partial charge in [-0.05, 0) is 63.3 Å². The third kappa shape index (κ3) is 4.12. The highest BCUT2D eigenvalue weighted by Gasteiger charge is 2.40. The van der Waals surface area contributed by atoms with Gasteiger partial charge >= 0.3 is 6.09 Å². The van der Waals surface area contributed by atoms with Gasteiger partial charge in [-0.25, -0.2) is 4.79 Å². The fourth-order valence-electron chi connectivity index (χ4n) is 3.46. The average molecular weight is 346 g/mol. The van der Waals surface area contributed by atoms with Crippen LogP contribution in [0.4, 0.5) is 10.5 Å². The number of carbonyl (C=O) groups is 2. The number of nitrogens with one attached hydrogen (secondary N) is 1. The SMILES string of the molecule is CC(C)(C)OC(=O)N1CC(O)C[C@H]1C(=O)Nc1ccc2c(c1)CCC2. The molecule has 1 fully saturated rings. The predicted octanol–water partition coefficient (Wildman–Crippen LogP) is 2.48. The lowest BCUT2D eigenvalue weighted by Crippen LogP contribution is -2.45. The number of aryl methyl sites for hydroxylation is 2. The number of nitrogens with zero attached hydrogens (tertiary/aromatic N) is 1. The Bertz CT molecular complexity index is 680. The Kier molecular flexibility index (Phi) is 4.73. The van der Waals surface area contributed by atoms with Gasteiger partial charge in [0.1, 0.15) is 11.6 Å². The summed E-state index contributed by atoms with van der Waals surface area (Å²) in [6, 6.07) is 5.22. The second-order valence-electron chi connectivity index (χ2n) is 7.86. The van der Waals surface area contributed by atoms with Crippen LogP contribution >= 0.6 is 0 Å². The lowest BCUT2D eigenvalue weighted by molar-refractivity contribution is -0.120. The number of hydrogen-bond donors (Lipinski definition) is 2. The summed E-state index contributed by atoms with van der Waals surface area (Å²) >= 11 is 0. The van der Waals surface area contributed by atoms with Crippen LogP contribution in [0, 0.1) is 0 Å². The molecule has 1 heterocycles. The van der Waals surface area contributed by atoms with Crippen LogP contribution < -0.4 is 5.32 Å². The normalized spacial score (nSPS) is 22.6. The van der Waals surface area contributed by atoms with E-state index in [1.54, 1.807) is 20.8 Å². The van der Waals surface area contributed by atoms with Gasteiger partial charge < -0.3 is 15.2 Å². The number of aliphatic hydroxyl groups is 1. The quantitative estimate of drug-likeness (QED) is 0.862. The van der Waals surface area contributed by atoms with E-state index in [1.165, 1.54) is 16.0 Å². The molecule has 136 valence electrons. The molecule has 2 N–H and O–H groups in total. The minimum absolute atomic E-state index is 0.108. The van der Waals surface area contributed by atoms with Crippen molar-refractivity contribution in [3.63, 3.8) is 0 Å². The summed E-state index contributed by atoms with van der Waals surface area (Å²) in [6.45, 7) is 5.43. The van der Waals surface area contributed by atoms with Gasteiger partial charge in [-0.1, -0.05) is 6.07 Å². The van der Waals surface area contributed by atoms with E-state index in [2.05, 4.69) is 5.32 Å². The van der Waals surface area contributed by atoms with Crippen LogP contribution in [0.25, 0.3) is 0 Å². The number of amides is 2. The number of aliphatic hydroxyl groups excluding tert-OH is 1. The Balaban J connectivity index is 1.70. The number of carbonyl (C=O) groups excluding carboxylic acids is 2. The number of benzene rings is 1. The number of β-amino-alcohol motifs (C(OH)–C–C–N with tert-alkyl or cyclic N) is 1. The number of likely N-dealkylation sites (tertiary alicyclic amines) is 1. The summed E-state index contributed by atoms with van der Waals surface area (Å²) in [5, 5.41) is 12.8. The first kappa shape index (κ1) is 17.7. The van der Waals surface area contributed by atoms with Crippen LogP contribution in [-0.2, 0) is 22.4 Å². The Labute approximate surface area is 148 Å². The minimum Gasteiger partial charge on any atom is -0.444 e. The van der Waals surface area contributed by atoms with Gasteiger partial charge in [0.2, 0.25) is 5.91 Å². The summed E-state index contributed by atoms with van der Waals surface area (Å²) in [5.41, 5.74) is 2.69. The van der Waals surface area contributed by atoms with Crippen LogP contribution in [-0.4, -0.2) is 46.3 Å². The Hall–Kier alpha value is -2.08. The largest absolute Gasteiger partial charge is 0.444 e. The topological polar surface area (TPSA) is 78.9 Å². The predicted molar refractivity (Wildman–Crippen MR) is 94.4 cm³/mol. The molecule has 0 saturated carbocycles. The number of rotatable bonds is 2. The first-order valence-corrected chi connectivity index (χ1v) is 8.83. The summed E-state index contributed by atoms with van der Waals surface area (Å²) in [4.78, 5) is 26.3. The summed E-state index contributed by atoms with van der Waals surface area (Å²) in [7, 11) is 0. The van der Waals surface area contributed by atoms with Crippen LogP contribution in [0.2, 0.25) is 0 Å². The molecule has 25 heavy (non-hydrogen) atoms. The fraction of sp³-hybridized carbons (Fsp3) is 0.579. The second-order valence-corrected chi connectivity index (χ2v) is 7.86. The fourth-order valence-corrected chi connectivity index (χ4v) is 3.46. The number of hydrogen-bond acceptors (Lipinski definition) is 4. The number of ether oxygens (including phenoxy) is 1. The molecule has 2 aliphatic rings.